The summed E-state index contributed by atoms with van der Waals surface area (Å²) in [6.45, 7) is 7.46. The number of rotatable bonds is 15. The van der Waals surface area contributed by atoms with Crippen molar-refractivity contribution in [3.05, 3.63) is 59.7 Å². The minimum Gasteiger partial charge on any atom is -0.497 e. The zero-order chi connectivity index (χ0) is 28.9. The maximum absolute atomic E-state index is 13.4. The summed E-state index contributed by atoms with van der Waals surface area (Å²) in [7, 11) is 3.14. The van der Waals surface area contributed by atoms with E-state index < -0.39 is 29.9 Å². The number of carbonyl (C=O) groups excluding carboxylic acids is 4. The van der Waals surface area contributed by atoms with Gasteiger partial charge in [-0.05, 0) is 53.6 Å². The first-order valence-electron chi connectivity index (χ1n) is 13.2. The Morgan fingerprint density at radius 1 is 0.744 bits per heavy atom. The van der Waals surface area contributed by atoms with Gasteiger partial charge in [0.25, 0.3) is 0 Å². The summed E-state index contributed by atoms with van der Waals surface area (Å²) >= 11 is 0. The van der Waals surface area contributed by atoms with Crippen LogP contribution in [0.25, 0.3) is 0 Å². The predicted octanol–water partition coefficient (Wildman–Crippen LogP) is 2.84. The van der Waals surface area contributed by atoms with Crippen LogP contribution in [0.4, 0.5) is 0 Å². The summed E-state index contributed by atoms with van der Waals surface area (Å²) < 4.78 is 10.4. The Kier molecular flexibility index (Phi) is 12.5. The van der Waals surface area contributed by atoms with E-state index in [1.54, 1.807) is 52.3 Å². The second kappa shape index (κ2) is 15.5. The average molecular weight is 540 g/mol. The molecular formula is C30H41N3O6. The van der Waals surface area contributed by atoms with E-state index >= 15 is 0 Å². The van der Waals surface area contributed by atoms with Crippen molar-refractivity contribution in [3.63, 3.8) is 0 Å². The Morgan fingerprint density at radius 2 is 1.26 bits per heavy atom. The lowest BCUT2D eigenvalue weighted by Gasteiger charge is -2.26. The second-order valence-corrected chi connectivity index (χ2v) is 10.3. The molecule has 9 heteroatoms. The number of hydrogen-bond acceptors (Lipinski definition) is 6. The third kappa shape index (κ3) is 10.4. The number of amides is 3. The lowest BCUT2D eigenvalue weighted by Crippen LogP contribution is -2.57. The topological polar surface area (TPSA) is 123 Å². The molecule has 9 nitrogen and oxygen atoms in total. The highest BCUT2D eigenvalue weighted by molar-refractivity contribution is 5.93. The predicted molar refractivity (Wildman–Crippen MR) is 150 cm³/mol. The van der Waals surface area contributed by atoms with Crippen LogP contribution in [0.2, 0.25) is 0 Å². The van der Waals surface area contributed by atoms with Crippen molar-refractivity contribution in [2.75, 3.05) is 14.2 Å². The number of ether oxygens (including phenoxy) is 2. The summed E-state index contributed by atoms with van der Waals surface area (Å²) in [5.74, 6) is 0.0299. The highest BCUT2D eigenvalue weighted by atomic mass is 16.5. The van der Waals surface area contributed by atoms with Crippen molar-refractivity contribution in [2.24, 2.45) is 11.8 Å². The zero-order valence-electron chi connectivity index (χ0n) is 23.7. The monoisotopic (exact) mass is 539 g/mol. The first kappa shape index (κ1) is 31.3. The molecule has 2 rings (SSSR count). The lowest BCUT2D eigenvalue weighted by molar-refractivity contribution is -0.133. The fourth-order valence-corrected chi connectivity index (χ4v) is 4.04. The van der Waals surface area contributed by atoms with Crippen molar-refractivity contribution in [1.82, 2.24) is 16.0 Å². The van der Waals surface area contributed by atoms with E-state index in [1.807, 2.05) is 38.1 Å². The van der Waals surface area contributed by atoms with Crippen molar-refractivity contribution in [3.8, 4) is 11.5 Å². The molecule has 0 unspecified atom stereocenters. The molecule has 0 spiro atoms. The lowest BCUT2D eigenvalue weighted by atomic mass is 9.99. The van der Waals surface area contributed by atoms with Gasteiger partial charge >= 0.3 is 0 Å². The third-order valence-corrected chi connectivity index (χ3v) is 6.20. The molecule has 0 bridgehead atoms. The molecule has 0 aromatic heterocycles. The number of nitrogens with one attached hydrogen (secondary N) is 3. The highest BCUT2D eigenvalue weighted by Crippen LogP contribution is 2.15. The molecule has 0 radical (unpaired) electrons. The molecule has 0 heterocycles. The quantitative estimate of drug-likeness (QED) is 0.299. The van der Waals surface area contributed by atoms with Crippen LogP contribution < -0.4 is 25.4 Å². The van der Waals surface area contributed by atoms with E-state index in [-0.39, 0.29) is 30.6 Å². The van der Waals surface area contributed by atoms with Gasteiger partial charge in [-0.2, -0.15) is 0 Å². The van der Waals surface area contributed by atoms with Crippen molar-refractivity contribution in [2.45, 2.75) is 65.1 Å². The molecule has 0 aliphatic heterocycles. The van der Waals surface area contributed by atoms with E-state index in [9.17, 15) is 19.2 Å². The van der Waals surface area contributed by atoms with Gasteiger partial charge in [0.15, 0.2) is 0 Å². The van der Waals surface area contributed by atoms with Gasteiger partial charge < -0.3 is 30.2 Å². The summed E-state index contributed by atoms with van der Waals surface area (Å²) in [4.78, 5) is 50.9. The number of aldehydes is 1. The molecule has 0 aliphatic rings. The first-order valence-corrected chi connectivity index (χ1v) is 13.2. The SMILES string of the molecule is COc1ccc(C[C@H](NC(=O)CC(C)C)C(=O)N[C@H](C(=O)N[C@@H](C=O)Cc2ccc(OC)cc2)C(C)C)cc1. The zero-order valence-corrected chi connectivity index (χ0v) is 23.7. The van der Waals surface area contributed by atoms with Crippen LogP contribution >= 0.6 is 0 Å². The second-order valence-electron chi connectivity index (χ2n) is 10.3. The smallest absolute Gasteiger partial charge is 0.243 e. The third-order valence-electron chi connectivity index (χ3n) is 6.20. The van der Waals surface area contributed by atoms with Gasteiger partial charge in [0, 0.05) is 12.8 Å². The summed E-state index contributed by atoms with van der Waals surface area (Å²) in [6, 6.07) is 11.9. The van der Waals surface area contributed by atoms with Crippen molar-refractivity contribution in [1.29, 1.82) is 0 Å². The Labute approximate surface area is 231 Å². The fourth-order valence-electron chi connectivity index (χ4n) is 4.04. The summed E-state index contributed by atoms with van der Waals surface area (Å²) in [6.07, 6.45) is 1.48. The molecule has 3 amide bonds. The summed E-state index contributed by atoms with van der Waals surface area (Å²) in [5.41, 5.74) is 1.68. The number of carbonyl (C=O) groups is 4. The first-order chi connectivity index (χ1) is 18.6. The Balaban J connectivity index is 2.14. The molecule has 3 N–H and O–H groups in total. The maximum atomic E-state index is 13.4. The number of methoxy groups -OCH3 is 2. The van der Waals surface area contributed by atoms with Crippen LogP contribution in [0.1, 0.15) is 45.2 Å². The van der Waals surface area contributed by atoms with Crippen LogP contribution in [0.3, 0.4) is 0 Å². The van der Waals surface area contributed by atoms with Crippen LogP contribution in [0, 0.1) is 11.8 Å². The minimum atomic E-state index is -0.906. The van der Waals surface area contributed by atoms with E-state index in [0.717, 1.165) is 11.1 Å². The van der Waals surface area contributed by atoms with Gasteiger partial charge in [0.05, 0.1) is 20.3 Å². The van der Waals surface area contributed by atoms with Gasteiger partial charge in [0.2, 0.25) is 17.7 Å². The van der Waals surface area contributed by atoms with Gasteiger partial charge in [-0.1, -0.05) is 52.0 Å². The molecule has 0 saturated heterocycles. The average Bonchev–Trinajstić information content (AvgIpc) is 2.90. The van der Waals surface area contributed by atoms with Gasteiger partial charge in [-0.25, -0.2) is 0 Å². The Hall–Kier alpha value is -3.88. The molecule has 0 fully saturated rings. The fraction of sp³-hybridized carbons (Fsp3) is 0.467. The van der Waals surface area contributed by atoms with Crippen LogP contribution in [0.5, 0.6) is 11.5 Å². The number of benzene rings is 2. The van der Waals surface area contributed by atoms with E-state index in [1.165, 1.54) is 0 Å². The van der Waals surface area contributed by atoms with Crippen LogP contribution in [0.15, 0.2) is 48.5 Å². The standard InChI is InChI=1S/C30H41N3O6/c1-19(2)15-27(35)32-26(17-22-9-13-25(39-6)14-10-22)29(36)33-28(20(3)4)30(37)31-23(18-34)16-21-7-11-24(38-5)12-8-21/h7-14,18-20,23,26,28H,15-17H2,1-6H3,(H,31,37)(H,32,35)(H,33,36)/t23-,26+,28+/m1/s1. The van der Waals surface area contributed by atoms with Crippen molar-refractivity contribution >= 4 is 24.0 Å². The molecular weight excluding hydrogens is 498 g/mol. The summed E-state index contributed by atoms with van der Waals surface area (Å²) in [5, 5.41) is 8.37. The Morgan fingerprint density at radius 3 is 1.69 bits per heavy atom. The van der Waals surface area contributed by atoms with Gasteiger partial charge in [-0.3, -0.25) is 14.4 Å². The molecule has 0 saturated carbocycles. The van der Waals surface area contributed by atoms with Gasteiger partial charge in [0.1, 0.15) is 29.9 Å². The number of hydrogen-bond donors (Lipinski definition) is 3. The normalized spacial score (nSPS) is 13.2. The molecule has 2 aromatic rings. The van der Waals surface area contributed by atoms with E-state index in [0.29, 0.717) is 24.2 Å². The highest BCUT2D eigenvalue weighted by Gasteiger charge is 2.30. The van der Waals surface area contributed by atoms with Crippen molar-refractivity contribution < 1.29 is 28.7 Å². The molecule has 3 atom stereocenters. The van der Waals surface area contributed by atoms with Gasteiger partial charge in [-0.15, -0.1) is 0 Å². The van der Waals surface area contributed by atoms with Crippen LogP contribution in [-0.4, -0.2) is 56.4 Å². The molecule has 212 valence electrons. The van der Waals surface area contributed by atoms with E-state index in [2.05, 4.69) is 16.0 Å². The van der Waals surface area contributed by atoms with E-state index in [4.69, 9.17) is 9.47 Å². The molecule has 39 heavy (non-hydrogen) atoms. The maximum Gasteiger partial charge on any atom is 0.243 e. The molecule has 2 aromatic carbocycles. The minimum absolute atomic E-state index is 0.120. The largest absolute Gasteiger partial charge is 0.497 e. The molecule has 0 aliphatic carbocycles. The Bertz CT molecular complexity index is 1080. The van der Waals surface area contributed by atoms with Crippen LogP contribution in [-0.2, 0) is 32.0 Å².